The van der Waals surface area contributed by atoms with Gasteiger partial charge in [-0.25, -0.2) is 0 Å². The van der Waals surface area contributed by atoms with Gasteiger partial charge in [-0.2, -0.15) is 0 Å². The molecular weight excluding hydrogens is 408 g/mol. The number of hydrogen-bond donors (Lipinski definition) is 2. The van der Waals surface area contributed by atoms with Crippen LogP contribution in [0.25, 0.3) is 0 Å². The first kappa shape index (κ1) is 22.0. The van der Waals surface area contributed by atoms with Crippen LogP contribution in [0, 0.1) is 0 Å². The van der Waals surface area contributed by atoms with E-state index in [0.717, 1.165) is 16.7 Å². The van der Waals surface area contributed by atoms with Gasteiger partial charge in [-0.3, -0.25) is 9.59 Å². The molecule has 2 amide bonds. The van der Waals surface area contributed by atoms with Crippen LogP contribution in [0.3, 0.4) is 0 Å². The van der Waals surface area contributed by atoms with E-state index in [-0.39, 0.29) is 17.9 Å². The summed E-state index contributed by atoms with van der Waals surface area (Å²) in [6.07, 6.45) is 0. The highest BCUT2D eigenvalue weighted by molar-refractivity contribution is 5.99. The summed E-state index contributed by atoms with van der Waals surface area (Å²) in [4.78, 5) is 25.9. The molecule has 0 heterocycles. The van der Waals surface area contributed by atoms with Crippen LogP contribution in [0.4, 0.5) is 5.69 Å². The summed E-state index contributed by atoms with van der Waals surface area (Å²) >= 11 is 0. The molecule has 0 aromatic heterocycles. The molecular formula is C29H26N2O2. The van der Waals surface area contributed by atoms with Crippen LogP contribution in [-0.4, -0.2) is 11.8 Å². The molecule has 0 spiro atoms. The van der Waals surface area contributed by atoms with Crippen LogP contribution in [0.1, 0.15) is 45.9 Å². The van der Waals surface area contributed by atoms with Crippen molar-refractivity contribution in [1.29, 1.82) is 0 Å². The molecule has 2 N–H and O–H groups in total. The molecule has 0 aliphatic heterocycles. The zero-order valence-electron chi connectivity index (χ0n) is 18.4. The standard InChI is InChI=1S/C29H26N2O2/c1-21(22-11-5-2-6-12-22)30-28(32)25-17-19-26(20-18-25)31-29(33)27(23-13-7-3-8-14-23)24-15-9-4-10-16-24/h2-21,27H,1H3,(H,30,32)(H,31,33). The number of amides is 2. The molecule has 0 saturated heterocycles. The molecule has 1 atom stereocenters. The third kappa shape index (κ3) is 5.55. The van der Waals surface area contributed by atoms with Gasteiger partial charge >= 0.3 is 0 Å². The first-order chi connectivity index (χ1) is 16.1. The Balaban J connectivity index is 1.46. The van der Waals surface area contributed by atoms with Crippen molar-refractivity contribution in [1.82, 2.24) is 5.32 Å². The maximum absolute atomic E-state index is 13.2. The van der Waals surface area contributed by atoms with Crippen molar-refractivity contribution in [3.8, 4) is 0 Å². The van der Waals surface area contributed by atoms with Gasteiger partial charge in [0.15, 0.2) is 0 Å². The van der Waals surface area contributed by atoms with Gasteiger partial charge in [-0.15, -0.1) is 0 Å². The highest BCUT2D eigenvalue weighted by Gasteiger charge is 2.22. The van der Waals surface area contributed by atoms with Crippen LogP contribution in [0.15, 0.2) is 115 Å². The third-order valence-corrected chi connectivity index (χ3v) is 5.59. The lowest BCUT2D eigenvalue weighted by Gasteiger charge is -2.18. The minimum absolute atomic E-state index is 0.101. The predicted octanol–water partition coefficient (Wildman–Crippen LogP) is 5.95. The van der Waals surface area contributed by atoms with E-state index >= 15 is 0 Å². The number of rotatable bonds is 7. The fraction of sp³-hybridized carbons (Fsp3) is 0.103. The smallest absolute Gasteiger partial charge is 0.251 e. The minimum atomic E-state index is -0.429. The number of carbonyl (C=O) groups is 2. The summed E-state index contributed by atoms with van der Waals surface area (Å²) in [6, 6.07) is 36.1. The van der Waals surface area contributed by atoms with Crippen molar-refractivity contribution in [2.24, 2.45) is 0 Å². The first-order valence-corrected chi connectivity index (χ1v) is 11.0. The Labute approximate surface area is 194 Å². The zero-order chi connectivity index (χ0) is 23.0. The SMILES string of the molecule is CC(NC(=O)c1ccc(NC(=O)C(c2ccccc2)c2ccccc2)cc1)c1ccccc1. The van der Waals surface area contributed by atoms with Gasteiger partial charge in [0.1, 0.15) is 0 Å². The quantitative estimate of drug-likeness (QED) is 0.378. The third-order valence-electron chi connectivity index (χ3n) is 5.59. The topological polar surface area (TPSA) is 58.2 Å². The van der Waals surface area contributed by atoms with E-state index in [9.17, 15) is 9.59 Å². The molecule has 0 bridgehead atoms. The molecule has 0 aliphatic rings. The normalized spacial score (nSPS) is 11.6. The fourth-order valence-corrected chi connectivity index (χ4v) is 3.81. The second-order valence-corrected chi connectivity index (χ2v) is 7.93. The molecule has 1 unspecified atom stereocenters. The lowest BCUT2D eigenvalue weighted by molar-refractivity contribution is -0.116. The number of carbonyl (C=O) groups excluding carboxylic acids is 2. The van der Waals surface area contributed by atoms with Gasteiger partial charge in [-0.05, 0) is 47.9 Å². The molecule has 4 aromatic rings. The van der Waals surface area contributed by atoms with E-state index in [1.807, 2.05) is 97.9 Å². The average molecular weight is 435 g/mol. The first-order valence-electron chi connectivity index (χ1n) is 11.0. The van der Waals surface area contributed by atoms with E-state index in [4.69, 9.17) is 0 Å². The predicted molar refractivity (Wildman–Crippen MR) is 132 cm³/mol. The number of anilines is 1. The molecule has 0 aliphatic carbocycles. The van der Waals surface area contributed by atoms with E-state index in [2.05, 4.69) is 10.6 Å². The molecule has 4 nitrogen and oxygen atoms in total. The van der Waals surface area contributed by atoms with Crippen LogP contribution >= 0.6 is 0 Å². The lowest BCUT2D eigenvalue weighted by atomic mass is 9.90. The molecule has 4 heteroatoms. The molecule has 4 rings (SSSR count). The van der Waals surface area contributed by atoms with E-state index < -0.39 is 5.92 Å². The monoisotopic (exact) mass is 434 g/mol. The van der Waals surface area contributed by atoms with Crippen LogP contribution in [-0.2, 0) is 4.79 Å². The molecule has 0 fully saturated rings. The minimum Gasteiger partial charge on any atom is -0.346 e. The fourth-order valence-electron chi connectivity index (χ4n) is 3.81. The van der Waals surface area contributed by atoms with E-state index in [1.165, 1.54) is 0 Å². The largest absolute Gasteiger partial charge is 0.346 e. The van der Waals surface area contributed by atoms with Crippen molar-refractivity contribution >= 4 is 17.5 Å². The molecule has 164 valence electrons. The van der Waals surface area contributed by atoms with Crippen molar-refractivity contribution < 1.29 is 9.59 Å². The highest BCUT2D eigenvalue weighted by Crippen LogP contribution is 2.26. The molecule has 0 radical (unpaired) electrons. The summed E-state index contributed by atoms with van der Waals surface area (Å²) in [6.45, 7) is 1.95. The number of benzene rings is 4. The summed E-state index contributed by atoms with van der Waals surface area (Å²) in [7, 11) is 0. The van der Waals surface area contributed by atoms with Crippen molar-refractivity contribution in [2.45, 2.75) is 18.9 Å². The highest BCUT2D eigenvalue weighted by atomic mass is 16.2. The maximum Gasteiger partial charge on any atom is 0.251 e. The Morgan fingerprint density at radius 3 is 1.55 bits per heavy atom. The Morgan fingerprint density at radius 1 is 0.606 bits per heavy atom. The number of hydrogen-bond acceptors (Lipinski definition) is 2. The van der Waals surface area contributed by atoms with Gasteiger partial charge in [0.2, 0.25) is 5.91 Å². The van der Waals surface area contributed by atoms with Crippen molar-refractivity contribution in [2.75, 3.05) is 5.32 Å². The zero-order valence-corrected chi connectivity index (χ0v) is 18.4. The molecule has 33 heavy (non-hydrogen) atoms. The molecule has 0 saturated carbocycles. The second-order valence-electron chi connectivity index (χ2n) is 7.93. The second kappa shape index (κ2) is 10.4. The van der Waals surface area contributed by atoms with Crippen LogP contribution in [0.5, 0.6) is 0 Å². The van der Waals surface area contributed by atoms with Gasteiger partial charge in [0.05, 0.1) is 12.0 Å². The molecule has 4 aromatic carbocycles. The average Bonchev–Trinajstić information content (AvgIpc) is 2.86. The lowest BCUT2D eigenvalue weighted by Crippen LogP contribution is -2.26. The van der Waals surface area contributed by atoms with Crippen LogP contribution < -0.4 is 10.6 Å². The maximum atomic E-state index is 13.2. The Bertz CT molecular complexity index is 1150. The van der Waals surface area contributed by atoms with Gasteiger partial charge in [0.25, 0.3) is 5.91 Å². The van der Waals surface area contributed by atoms with Crippen molar-refractivity contribution in [3.63, 3.8) is 0 Å². The van der Waals surface area contributed by atoms with E-state index in [1.54, 1.807) is 24.3 Å². The summed E-state index contributed by atoms with van der Waals surface area (Å²) in [5.74, 6) is -0.708. The van der Waals surface area contributed by atoms with Gasteiger partial charge in [0, 0.05) is 11.3 Å². The van der Waals surface area contributed by atoms with Crippen LogP contribution in [0.2, 0.25) is 0 Å². The number of nitrogens with one attached hydrogen (secondary N) is 2. The summed E-state index contributed by atoms with van der Waals surface area (Å²) in [5, 5.41) is 6.01. The Morgan fingerprint density at radius 2 is 1.06 bits per heavy atom. The Hall–Kier alpha value is -4.18. The summed E-state index contributed by atoms with van der Waals surface area (Å²) < 4.78 is 0. The van der Waals surface area contributed by atoms with E-state index in [0.29, 0.717) is 11.3 Å². The van der Waals surface area contributed by atoms with Crippen molar-refractivity contribution in [3.05, 3.63) is 138 Å². The Kier molecular flexibility index (Phi) is 6.96. The van der Waals surface area contributed by atoms with Gasteiger partial charge < -0.3 is 10.6 Å². The van der Waals surface area contributed by atoms with Gasteiger partial charge in [-0.1, -0.05) is 91.0 Å². The summed E-state index contributed by atoms with van der Waals surface area (Å²) in [5.41, 5.74) is 4.07.